The largest absolute Gasteiger partial charge is 0.330 e. The summed E-state index contributed by atoms with van der Waals surface area (Å²) < 4.78 is 0. The Morgan fingerprint density at radius 2 is 1.83 bits per heavy atom. The molecule has 1 rings (SSSR count). The van der Waals surface area contributed by atoms with Crippen LogP contribution >= 0.6 is 0 Å². The summed E-state index contributed by atoms with van der Waals surface area (Å²) in [4.78, 5) is 12.1. The maximum atomic E-state index is 12.1. The Morgan fingerprint density at radius 1 is 1.28 bits per heavy atom. The van der Waals surface area contributed by atoms with Crippen LogP contribution in [0.3, 0.4) is 0 Å². The lowest BCUT2D eigenvalue weighted by atomic mass is 9.85. The fraction of sp³-hybridized carbons (Fsp3) is 0.562. The second-order valence-corrected chi connectivity index (χ2v) is 5.90. The van der Waals surface area contributed by atoms with Crippen molar-refractivity contribution in [1.82, 2.24) is 0 Å². The van der Waals surface area contributed by atoms with E-state index >= 15 is 0 Å². The highest BCUT2D eigenvalue weighted by molar-refractivity contribution is 5.96. The first-order valence-corrected chi connectivity index (χ1v) is 6.73. The van der Waals surface area contributed by atoms with Crippen LogP contribution in [0.1, 0.15) is 62.4 Å². The molecule has 2 heteroatoms. The molecule has 100 valence electrons. The summed E-state index contributed by atoms with van der Waals surface area (Å²) in [6.07, 6.45) is 1.62. The van der Waals surface area contributed by atoms with Crippen LogP contribution in [0, 0.1) is 5.41 Å². The smallest absolute Gasteiger partial charge is 0.163 e. The number of rotatable bonds is 6. The SMILES string of the molecule is CCC(C)c1ccc(C(=O)CC(C)(C)CN)cc1. The van der Waals surface area contributed by atoms with Crippen molar-refractivity contribution in [3.63, 3.8) is 0 Å². The Bertz CT molecular complexity index is 392. The van der Waals surface area contributed by atoms with Crippen molar-refractivity contribution in [2.45, 2.75) is 46.5 Å². The molecule has 0 saturated heterocycles. The number of nitrogens with two attached hydrogens (primary N) is 1. The molecule has 0 bridgehead atoms. The van der Waals surface area contributed by atoms with E-state index in [-0.39, 0.29) is 11.2 Å². The molecular formula is C16H25NO. The van der Waals surface area contributed by atoms with Gasteiger partial charge in [0.1, 0.15) is 0 Å². The number of hydrogen-bond donors (Lipinski definition) is 1. The predicted octanol–water partition coefficient (Wildman–Crippen LogP) is 3.76. The first-order valence-electron chi connectivity index (χ1n) is 6.73. The molecule has 2 nitrogen and oxygen atoms in total. The number of ketones is 1. The van der Waals surface area contributed by atoms with Crippen LogP contribution < -0.4 is 5.73 Å². The predicted molar refractivity (Wildman–Crippen MR) is 76.9 cm³/mol. The van der Waals surface area contributed by atoms with Crippen molar-refractivity contribution in [3.05, 3.63) is 35.4 Å². The third kappa shape index (κ3) is 3.95. The van der Waals surface area contributed by atoms with Gasteiger partial charge in [-0.3, -0.25) is 4.79 Å². The molecule has 0 aliphatic rings. The lowest BCUT2D eigenvalue weighted by Gasteiger charge is -2.21. The Morgan fingerprint density at radius 3 is 2.28 bits per heavy atom. The highest BCUT2D eigenvalue weighted by atomic mass is 16.1. The molecule has 0 heterocycles. The van der Waals surface area contributed by atoms with Gasteiger partial charge in [0, 0.05) is 12.0 Å². The van der Waals surface area contributed by atoms with Gasteiger partial charge in [-0.2, -0.15) is 0 Å². The third-order valence-corrected chi connectivity index (χ3v) is 3.61. The van der Waals surface area contributed by atoms with Crippen LogP contribution in [-0.2, 0) is 0 Å². The van der Waals surface area contributed by atoms with Crippen LogP contribution in [0.15, 0.2) is 24.3 Å². The molecule has 0 fully saturated rings. The van der Waals surface area contributed by atoms with Crippen LogP contribution in [0.5, 0.6) is 0 Å². The molecule has 0 aliphatic heterocycles. The van der Waals surface area contributed by atoms with Gasteiger partial charge in [0.05, 0.1) is 0 Å². The fourth-order valence-electron chi connectivity index (χ4n) is 1.84. The Kier molecular flexibility index (Phi) is 5.09. The van der Waals surface area contributed by atoms with Crippen molar-refractivity contribution in [3.8, 4) is 0 Å². The minimum atomic E-state index is -0.119. The zero-order valence-corrected chi connectivity index (χ0v) is 12.0. The first-order chi connectivity index (χ1) is 8.39. The highest BCUT2D eigenvalue weighted by Gasteiger charge is 2.21. The topological polar surface area (TPSA) is 43.1 Å². The lowest BCUT2D eigenvalue weighted by molar-refractivity contribution is 0.0935. The van der Waals surface area contributed by atoms with E-state index in [1.807, 2.05) is 26.0 Å². The Labute approximate surface area is 111 Å². The fourth-order valence-corrected chi connectivity index (χ4v) is 1.84. The third-order valence-electron chi connectivity index (χ3n) is 3.61. The first kappa shape index (κ1) is 14.9. The summed E-state index contributed by atoms with van der Waals surface area (Å²) in [6.45, 7) is 8.96. The monoisotopic (exact) mass is 247 g/mol. The van der Waals surface area contributed by atoms with E-state index in [1.165, 1.54) is 5.56 Å². The number of carbonyl (C=O) groups excluding carboxylic acids is 1. The number of Topliss-reactive ketones (excluding diaryl/α,β-unsaturated/α-hetero) is 1. The van der Waals surface area contributed by atoms with Crippen molar-refractivity contribution in [1.29, 1.82) is 0 Å². The van der Waals surface area contributed by atoms with Gasteiger partial charge in [-0.05, 0) is 29.9 Å². The van der Waals surface area contributed by atoms with Gasteiger partial charge in [-0.25, -0.2) is 0 Å². The molecule has 0 aromatic heterocycles. The normalized spacial score (nSPS) is 13.4. The van der Waals surface area contributed by atoms with E-state index < -0.39 is 0 Å². The molecule has 0 radical (unpaired) electrons. The molecule has 0 spiro atoms. The average Bonchev–Trinajstić information content (AvgIpc) is 2.37. The van der Waals surface area contributed by atoms with Gasteiger partial charge in [0.15, 0.2) is 5.78 Å². The minimum absolute atomic E-state index is 0.119. The Balaban J connectivity index is 2.76. The molecule has 1 unspecified atom stereocenters. The van der Waals surface area contributed by atoms with E-state index in [9.17, 15) is 4.79 Å². The zero-order valence-electron chi connectivity index (χ0n) is 12.0. The summed E-state index contributed by atoms with van der Waals surface area (Å²) in [5.41, 5.74) is 7.64. The molecule has 0 saturated carbocycles. The van der Waals surface area contributed by atoms with Gasteiger partial charge in [-0.15, -0.1) is 0 Å². The van der Waals surface area contributed by atoms with E-state index in [0.717, 1.165) is 12.0 Å². The van der Waals surface area contributed by atoms with Crippen LogP contribution in [-0.4, -0.2) is 12.3 Å². The van der Waals surface area contributed by atoms with E-state index in [0.29, 0.717) is 18.9 Å². The second-order valence-electron chi connectivity index (χ2n) is 5.90. The van der Waals surface area contributed by atoms with Crippen molar-refractivity contribution in [2.24, 2.45) is 11.1 Å². The van der Waals surface area contributed by atoms with Crippen LogP contribution in [0.2, 0.25) is 0 Å². The standard InChI is InChI=1S/C16H25NO/c1-5-12(2)13-6-8-14(9-7-13)15(18)10-16(3,4)11-17/h6-9,12H,5,10-11,17H2,1-4H3. The highest BCUT2D eigenvalue weighted by Crippen LogP contribution is 2.23. The average molecular weight is 247 g/mol. The van der Waals surface area contributed by atoms with Gasteiger partial charge in [0.2, 0.25) is 0 Å². The number of benzene rings is 1. The zero-order chi connectivity index (χ0) is 13.8. The molecular weight excluding hydrogens is 222 g/mol. The lowest BCUT2D eigenvalue weighted by Crippen LogP contribution is -2.26. The molecule has 1 aromatic carbocycles. The number of hydrogen-bond acceptors (Lipinski definition) is 2. The van der Waals surface area contributed by atoms with Gasteiger partial charge < -0.3 is 5.73 Å². The van der Waals surface area contributed by atoms with Gasteiger partial charge >= 0.3 is 0 Å². The molecule has 2 N–H and O–H groups in total. The molecule has 1 atom stereocenters. The minimum Gasteiger partial charge on any atom is -0.330 e. The number of carbonyl (C=O) groups is 1. The molecule has 18 heavy (non-hydrogen) atoms. The van der Waals surface area contributed by atoms with E-state index in [2.05, 4.69) is 26.0 Å². The maximum Gasteiger partial charge on any atom is 0.163 e. The quantitative estimate of drug-likeness (QED) is 0.778. The van der Waals surface area contributed by atoms with Gasteiger partial charge in [-0.1, -0.05) is 52.0 Å². The van der Waals surface area contributed by atoms with Crippen molar-refractivity contribution >= 4 is 5.78 Å². The van der Waals surface area contributed by atoms with Crippen molar-refractivity contribution < 1.29 is 4.79 Å². The van der Waals surface area contributed by atoms with E-state index in [1.54, 1.807) is 0 Å². The summed E-state index contributed by atoms with van der Waals surface area (Å²) >= 11 is 0. The summed E-state index contributed by atoms with van der Waals surface area (Å²) in [5, 5.41) is 0. The molecule has 0 amide bonds. The maximum absolute atomic E-state index is 12.1. The summed E-state index contributed by atoms with van der Waals surface area (Å²) in [6, 6.07) is 8.01. The van der Waals surface area contributed by atoms with Crippen LogP contribution in [0.4, 0.5) is 0 Å². The summed E-state index contributed by atoms with van der Waals surface area (Å²) in [5.74, 6) is 0.732. The Hall–Kier alpha value is -1.15. The van der Waals surface area contributed by atoms with Crippen LogP contribution in [0.25, 0.3) is 0 Å². The molecule has 0 aliphatic carbocycles. The van der Waals surface area contributed by atoms with Gasteiger partial charge in [0.25, 0.3) is 0 Å². The van der Waals surface area contributed by atoms with E-state index in [4.69, 9.17) is 5.73 Å². The summed E-state index contributed by atoms with van der Waals surface area (Å²) in [7, 11) is 0. The molecule has 1 aromatic rings. The second kappa shape index (κ2) is 6.14. The van der Waals surface area contributed by atoms with Crippen molar-refractivity contribution in [2.75, 3.05) is 6.54 Å².